The topological polar surface area (TPSA) is 109 Å². The summed E-state index contributed by atoms with van der Waals surface area (Å²) in [6.07, 6.45) is -3.26. The number of piperidine rings is 1. The van der Waals surface area contributed by atoms with E-state index < -0.39 is 17.4 Å². The van der Waals surface area contributed by atoms with Crippen molar-refractivity contribution < 1.29 is 18.0 Å². The average molecular weight is 477 g/mol. The summed E-state index contributed by atoms with van der Waals surface area (Å²) in [5, 5.41) is 5.70. The lowest BCUT2D eigenvalue weighted by Gasteiger charge is -2.27. The lowest BCUT2D eigenvalue weighted by atomic mass is 10.0. The highest BCUT2D eigenvalue weighted by molar-refractivity contribution is 5.88. The molecule has 0 bridgehead atoms. The number of aromatic nitrogens is 2. The molecule has 2 amide bonds. The van der Waals surface area contributed by atoms with Crippen molar-refractivity contribution in [1.82, 2.24) is 24.7 Å². The Kier molecular flexibility index (Phi) is 5.82. The first-order valence-corrected chi connectivity index (χ1v) is 11.3. The minimum Gasteiger partial charge on any atom is -0.327 e. The summed E-state index contributed by atoms with van der Waals surface area (Å²) in [4.78, 5) is 32.3. The van der Waals surface area contributed by atoms with Crippen LogP contribution in [-0.2, 0) is 12.7 Å². The molecule has 0 radical (unpaired) electrons. The number of carbonyl (C=O) groups excluding carboxylic acids is 1. The van der Waals surface area contributed by atoms with Gasteiger partial charge in [-0.15, -0.1) is 0 Å². The van der Waals surface area contributed by atoms with Crippen LogP contribution >= 0.6 is 0 Å². The fourth-order valence-electron chi connectivity index (χ4n) is 4.87. The second-order valence-corrected chi connectivity index (χ2v) is 9.07. The third-order valence-corrected chi connectivity index (χ3v) is 6.85. The lowest BCUT2D eigenvalue weighted by Crippen LogP contribution is -2.48. The van der Waals surface area contributed by atoms with E-state index in [0.29, 0.717) is 51.1 Å². The maximum Gasteiger partial charge on any atom is 0.416 e. The number of nitrogens with one attached hydrogen (secondary N) is 2. The molecule has 2 saturated heterocycles. The number of rotatable bonds is 4. The minimum absolute atomic E-state index is 0.0447. The van der Waals surface area contributed by atoms with Gasteiger partial charge in [-0.05, 0) is 35.6 Å². The number of halogens is 3. The van der Waals surface area contributed by atoms with Crippen LogP contribution in [0.3, 0.4) is 0 Å². The summed E-state index contributed by atoms with van der Waals surface area (Å²) >= 11 is 0. The average Bonchev–Trinajstić information content (AvgIpc) is 3.19. The van der Waals surface area contributed by atoms with Gasteiger partial charge < -0.3 is 16.0 Å². The molecule has 34 heavy (non-hydrogen) atoms. The van der Waals surface area contributed by atoms with Gasteiger partial charge in [-0.1, -0.05) is 6.07 Å². The molecule has 1 aliphatic carbocycles. The van der Waals surface area contributed by atoms with Gasteiger partial charge in [0.05, 0.1) is 11.3 Å². The Morgan fingerprint density at radius 1 is 1.18 bits per heavy atom. The molecule has 4 N–H and O–H groups in total. The number of urea groups is 1. The van der Waals surface area contributed by atoms with Crippen LogP contribution in [0, 0.1) is 11.8 Å². The van der Waals surface area contributed by atoms with Crippen LogP contribution in [0.25, 0.3) is 5.69 Å². The first-order valence-electron chi connectivity index (χ1n) is 11.3. The number of amides is 2. The van der Waals surface area contributed by atoms with Gasteiger partial charge in [0.15, 0.2) is 0 Å². The zero-order valence-corrected chi connectivity index (χ0v) is 18.4. The Morgan fingerprint density at radius 3 is 2.53 bits per heavy atom. The second-order valence-electron chi connectivity index (χ2n) is 9.07. The third-order valence-electron chi connectivity index (χ3n) is 6.85. The molecular formula is C22H26F3N7O2. The van der Waals surface area contributed by atoms with E-state index in [0.717, 1.165) is 10.6 Å². The minimum atomic E-state index is -4.57. The first-order chi connectivity index (χ1) is 16.2. The number of hydrogen-bond donors (Lipinski definition) is 3. The van der Waals surface area contributed by atoms with Crippen molar-refractivity contribution in [2.24, 2.45) is 17.6 Å². The van der Waals surface area contributed by atoms with Crippen LogP contribution in [0.1, 0.15) is 11.1 Å². The van der Waals surface area contributed by atoms with Gasteiger partial charge in [-0.2, -0.15) is 18.2 Å². The Balaban J connectivity index is 1.34. The fraction of sp³-hybridized carbons (Fsp3) is 0.500. The number of hydrogen-bond acceptors (Lipinski definition) is 6. The molecule has 9 nitrogen and oxygen atoms in total. The van der Waals surface area contributed by atoms with E-state index in [1.54, 1.807) is 4.90 Å². The number of fused-ring (bicyclic) bond motifs is 1. The molecule has 1 unspecified atom stereocenters. The van der Waals surface area contributed by atoms with Gasteiger partial charge in [0.1, 0.15) is 5.82 Å². The highest BCUT2D eigenvalue weighted by Gasteiger charge is 2.53. The Bertz CT molecular complexity index is 1130. The number of anilines is 1. The van der Waals surface area contributed by atoms with Crippen molar-refractivity contribution in [3.63, 3.8) is 0 Å². The molecule has 2 aliphatic heterocycles. The van der Waals surface area contributed by atoms with Gasteiger partial charge in [0.25, 0.3) is 0 Å². The van der Waals surface area contributed by atoms with Crippen molar-refractivity contribution in [3.05, 3.63) is 52.1 Å². The van der Waals surface area contributed by atoms with Gasteiger partial charge in [0, 0.05) is 58.1 Å². The predicted molar refractivity (Wildman–Crippen MR) is 119 cm³/mol. The standard InChI is InChI=1S/C22H26F3N7O2/c23-22(24,25)17-9-14(2-1-13(17)10-30-11-15-16(12-30)19(15)26)32-6-3-18(29-21(32)34)28-20(33)31-7-4-27-5-8-31/h1-3,6,9,15-16,19,27H,4-5,7-8,10-12,26H2,(H,28,29,33,34)/t15-,16?,19+/m1/s1. The normalized spacial score (nSPS) is 24.7. The zero-order valence-electron chi connectivity index (χ0n) is 18.4. The summed E-state index contributed by atoms with van der Waals surface area (Å²) in [6, 6.07) is 5.05. The maximum absolute atomic E-state index is 13.9. The molecule has 5 rings (SSSR count). The van der Waals surface area contributed by atoms with Gasteiger partial charge in [-0.3, -0.25) is 14.8 Å². The number of likely N-dealkylation sites (tertiary alicyclic amines) is 1. The molecule has 1 aromatic carbocycles. The number of benzene rings is 1. The fourth-order valence-corrected chi connectivity index (χ4v) is 4.87. The molecule has 2 aromatic rings. The molecule has 3 fully saturated rings. The van der Waals surface area contributed by atoms with E-state index in [-0.39, 0.29) is 35.7 Å². The van der Waals surface area contributed by atoms with Crippen molar-refractivity contribution in [2.75, 3.05) is 44.6 Å². The molecule has 1 saturated carbocycles. The molecule has 3 aliphatic rings. The van der Waals surface area contributed by atoms with E-state index in [1.807, 2.05) is 4.90 Å². The molecule has 182 valence electrons. The SMILES string of the molecule is N[C@@H]1C2CN(Cc3ccc(-n4ccc(NC(=O)N5CCNCC5)nc4=O)cc3C(F)(F)F)C[C@H]21. The Hall–Kier alpha value is -2.96. The van der Waals surface area contributed by atoms with Crippen molar-refractivity contribution >= 4 is 11.8 Å². The summed E-state index contributed by atoms with van der Waals surface area (Å²) in [5.74, 6) is 0.802. The van der Waals surface area contributed by atoms with Crippen LogP contribution in [0.15, 0.2) is 35.3 Å². The van der Waals surface area contributed by atoms with Crippen LogP contribution in [-0.4, -0.2) is 70.7 Å². The molecule has 0 spiro atoms. The molecule has 12 heteroatoms. The summed E-state index contributed by atoms with van der Waals surface area (Å²) < 4.78 is 42.6. The smallest absolute Gasteiger partial charge is 0.327 e. The van der Waals surface area contributed by atoms with E-state index in [1.165, 1.54) is 24.4 Å². The molecule has 3 heterocycles. The number of nitrogens with two attached hydrogens (primary N) is 1. The van der Waals surface area contributed by atoms with Crippen LogP contribution in [0.2, 0.25) is 0 Å². The first kappa shape index (κ1) is 22.8. The van der Waals surface area contributed by atoms with Crippen molar-refractivity contribution in [2.45, 2.75) is 18.8 Å². The maximum atomic E-state index is 13.9. The molecule has 1 aromatic heterocycles. The van der Waals surface area contributed by atoms with Gasteiger partial charge in [-0.25, -0.2) is 9.59 Å². The summed E-state index contributed by atoms with van der Waals surface area (Å²) in [5.41, 5.74) is 4.58. The largest absolute Gasteiger partial charge is 0.416 e. The number of alkyl halides is 3. The van der Waals surface area contributed by atoms with E-state index in [9.17, 15) is 22.8 Å². The van der Waals surface area contributed by atoms with Gasteiger partial charge in [0.2, 0.25) is 0 Å². The second kappa shape index (κ2) is 8.67. The van der Waals surface area contributed by atoms with E-state index in [4.69, 9.17) is 5.73 Å². The van der Waals surface area contributed by atoms with Gasteiger partial charge >= 0.3 is 17.9 Å². The number of carbonyl (C=O) groups is 1. The number of nitrogens with zero attached hydrogens (tertiary/aromatic N) is 4. The van der Waals surface area contributed by atoms with Crippen LogP contribution in [0.4, 0.5) is 23.8 Å². The van der Waals surface area contributed by atoms with Crippen LogP contribution < -0.4 is 22.1 Å². The van der Waals surface area contributed by atoms with E-state index in [2.05, 4.69) is 15.6 Å². The number of piperazine rings is 1. The Morgan fingerprint density at radius 2 is 1.88 bits per heavy atom. The summed E-state index contributed by atoms with van der Waals surface area (Å²) in [7, 11) is 0. The predicted octanol–water partition coefficient (Wildman–Crippen LogP) is 1.08. The molecular weight excluding hydrogens is 451 g/mol. The van der Waals surface area contributed by atoms with Crippen LogP contribution in [0.5, 0.6) is 0 Å². The monoisotopic (exact) mass is 477 g/mol. The summed E-state index contributed by atoms with van der Waals surface area (Å²) in [6.45, 7) is 3.99. The quantitative estimate of drug-likeness (QED) is 0.608. The van der Waals surface area contributed by atoms with Crippen molar-refractivity contribution in [3.8, 4) is 5.69 Å². The third kappa shape index (κ3) is 4.52. The highest BCUT2D eigenvalue weighted by Crippen LogP contribution is 2.44. The highest BCUT2D eigenvalue weighted by atomic mass is 19.4. The molecule has 3 atom stereocenters. The van der Waals surface area contributed by atoms with E-state index >= 15 is 0 Å². The lowest BCUT2D eigenvalue weighted by molar-refractivity contribution is -0.138. The van der Waals surface area contributed by atoms with Crippen molar-refractivity contribution in [1.29, 1.82) is 0 Å². The zero-order chi connectivity index (χ0) is 24.0. The Labute approximate surface area is 193 Å².